The molecule has 1 N–H and O–H groups in total. The van der Waals surface area contributed by atoms with Gasteiger partial charge in [0.25, 0.3) is 0 Å². The van der Waals surface area contributed by atoms with E-state index < -0.39 is 35.6 Å². The Hall–Kier alpha value is -2.22. The summed E-state index contributed by atoms with van der Waals surface area (Å²) in [4.78, 5) is 37.8. The first kappa shape index (κ1) is 16.8. The van der Waals surface area contributed by atoms with E-state index in [1.54, 1.807) is 6.92 Å². The van der Waals surface area contributed by atoms with E-state index in [0.717, 1.165) is 13.3 Å². The molecule has 0 saturated heterocycles. The van der Waals surface area contributed by atoms with Crippen molar-refractivity contribution in [1.29, 1.82) is 0 Å². The first-order valence-corrected chi connectivity index (χ1v) is 6.16. The average molecular weight is 319 g/mol. The number of nitrogens with one attached hydrogen (secondary N) is 1. The lowest BCUT2D eigenvalue weighted by Crippen LogP contribution is -2.21. The zero-order valence-electron chi connectivity index (χ0n) is 11.2. The smallest absolute Gasteiger partial charge is 0.343 e. The van der Waals surface area contributed by atoms with Crippen LogP contribution in [0.5, 0.6) is 0 Å². The van der Waals surface area contributed by atoms with Crippen molar-refractivity contribution in [2.45, 2.75) is 13.3 Å². The van der Waals surface area contributed by atoms with Gasteiger partial charge in [-0.15, -0.1) is 0 Å². The molecule has 0 spiro atoms. The first-order chi connectivity index (χ1) is 9.90. The van der Waals surface area contributed by atoms with Crippen molar-refractivity contribution in [1.82, 2.24) is 4.98 Å². The Morgan fingerprint density at radius 3 is 2.67 bits per heavy atom. The van der Waals surface area contributed by atoms with Gasteiger partial charge in [-0.3, -0.25) is 9.59 Å². The highest BCUT2D eigenvalue weighted by Gasteiger charge is 2.23. The van der Waals surface area contributed by atoms with E-state index in [2.05, 4.69) is 19.8 Å². The largest absolute Gasteiger partial charge is 0.466 e. The molecule has 1 amide bonds. The minimum Gasteiger partial charge on any atom is -0.466 e. The Labute approximate surface area is 124 Å². The fourth-order valence-corrected chi connectivity index (χ4v) is 1.60. The third kappa shape index (κ3) is 4.38. The number of hydrogen-bond acceptors (Lipinski definition) is 6. The predicted octanol–water partition coefficient (Wildman–Crippen LogP) is 1.55. The number of anilines is 1. The van der Waals surface area contributed by atoms with Gasteiger partial charge in [0.1, 0.15) is 12.0 Å². The Balaban J connectivity index is 3.02. The SMILES string of the molecule is CCOC(=O)CC(=O)Nc1c(Cl)ncc(F)c1C(=O)OC. The molecule has 0 fully saturated rings. The van der Waals surface area contributed by atoms with Crippen molar-refractivity contribution in [3.05, 3.63) is 22.7 Å². The second-order valence-electron chi connectivity index (χ2n) is 3.67. The van der Waals surface area contributed by atoms with E-state index in [-0.39, 0.29) is 17.4 Å². The van der Waals surface area contributed by atoms with Crippen LogP contribution in [0, 0.1) is 5.82 Å². The van der Waals surface area contributed by atoms with Crippen LogP contribution in [0.15, 0.2) is 6.20 Å². The summed E-state index contributed by atoms with van der Waals surface area (Å²) in [7, 11) is 1.04. The quantitative estimate of drug-likeness (QED) is 0.503. The third-order valence-corrected chi connectivity index (χ3v) is 2.54. The van der Waals surface area contributed by atoms with Crippen molar-refractivity contribution < 1.29 is 28.2 Å². The van der Waals surface area contributed by atoms with Crippen molar-refractivity contribution in [2.24, 2.45) is 0 Å². The van der Waals surface area contributed by atoms with Crippen LogP contribution >= 0.6 is 11.6 Å². The van der Waals surface area contributed by atoms with Crippen LogP contribution in [-0.4, -0.2) is 36.5 Å². The van der Waals surface area contributed by atoms with Gasteiger partial charge in [-0.1, -0.05) is 11.6 Å². The number of ether oxygens (including phenoxy) is 2. The molecule has 9 heteroatoms. The molecule has 1 aromatic heterocycles. The van der Waals surface area contributed by atoms with Crippen molar-refractivity contribution >= 4 is 35.1 Å². The lowest BCUT2D eigenvalue weighted by Gasteiger charge is -2.11. The number of nitrogens with zero attached hydrogens (tertiary/aromatic N) is 1. The highest BCUT2D eigenvalue weighted by Crippen LogP contribution is 2.27. The van der Waals surface area contributed by atoms with Gasteiger partial charge in [-0.05, 0) is 6.92 Å². The number of amides is 1. The standard InChI is InChI=1S/C12H12ClFN2O5/c1-3-21-8(18)4-7(17)16-10-9(12(19)20-2)6(14)5-15-11(10)13/h5H,3-4H2,1-2H3,(H,16,17). The molecule has 114 valence electrons. The molecular weight excluding hydrogens is 307 g/mol. The summed E-state index contributed by atoms with van der Waals surface area (Å²) < 4.78 is 22.6. The number of carbonyl (C=O) groups is 3. The van der Waals surface area contributed by atoms with Crippen LogP contribution in [-0.2, 0) is 19.1 Å². The van der Waals surface area contributed by atoms with Gasteiger partial charge in [-0.2, -0.15) is 0 Å². The minimum atomic E-state index is -1.04. The highest BCUT2D eigenvalue weighted by molar-refractivity contribution is 6.33. The van der Waals surface area contributed by atoms with E-state index in [1.807, 2.05) is 0 Å². The molecule has 0 unspecified atom stereocenters. The lowest BCUT2D eigenvalue weighted by atomic mass is 10.2. The Morgan fingerprint density at radius 2 is 2.10 bits per heavy atom. The molecule has 0 radical (unpaired) electrons. The number of pyridine rings is 1. The van der Waals surface area contributed by atoms with Gasteiger partial charge >= 0.3 is 11.9 Å². The molecule has 7 nitrogen and oxygen atoms in total. The first-order valence-electron chi connectivity index (χ1n) is 5.78. The molecule has 0 aliphatic carbocycles. The van der Waals surface area contributed by atoms with Crippen LogP contribution in [0.4, 0.5) is 10.1 Å². The van der Waals surface area contributed by atoms with Crippen molar-refractivity contribution in [2.75, 3.05) is 19.0 Å². The van der Waals surface area contributed by atoms with E-state index >= 15 is 0 Å². The Kier molecular flexibility index (Phi) is 6.04. The third-order valence-electron chi connectivity index (χ3n) is 2.25. The Morgan fingerprint density at radius 1 is 1.43 bits per heavy atom. The van der Waals surface area contributed by atoms with Crippen LogP contribution in [0.25, 0.3) is 0 Å². The molecule has 1 heterocycles. The fraction of sp³-hybridized carbons (Fsp3) is 0.333. The summed E-state index contributed by atoms with van der Waals surface area (Å²) in [6, 6.07) is 0. The van der Waals surface area contributed by atoms with E-state index in [4.69, 9.17) is 11.6 Å². The zero-order chi connectivity index (χ0) is 16.0. The summed E-state index contributed by atoms with van der Waals surface area (Å²) in [5, 5.41) is 1.84. The Bertz CT molecular complexity index is 579. The van der Waals surface area contributed by atoms with Crippen LogP contribution in [0.1, 0.15) is 23.7 Å². The molecule has 0 bridgehead atoms. The highest BCUT2D eigenvalue weighted by atomic mass is 35.5. The second kappa shape index (κ2) is 7.53. The predicted molar refractivity (Wildman–Crippen MR) is 70.4 cm³/mol. The minimum absolute atomic E-state index is 0.113. The molecule has 0 saturated carbocycles. The number of carbonyl (C=O) groups excluding carboxylic acids is 3. The molecule has 0 aliphatic rings. The summed E-state index contributed by atoms with van der Waals surface area (Å²) >= 11 is 5.73. The maximum absolute atomic E-state index is 13.6. The molecule has 0 aromatic carbocycles. The topological polar surface area (TPSA) is 94.6 Å². The number of esters is 2. The van der Waals surface area contributed by atoms with E-state index in [9.17, 15) is 18.8 Å². The maximum atomic E-state index is 13.6. The van der Waals surface area contributed by atoms with Crippen LogP contribution in [0.2, 0.25) is 5.15 Å². The fourth-order valence-electron chi connectivity index (χ4n) is 1.41. The summed E-state index contributed by atoms with van der Waals surface area (Å²) in [6.07, 6.45) is 0.108. The molecule has 1 rings (SSSR count). The lowest BCUT2D eigenvalue weighted by molar-refractivity contribution is -0.145. The molecule has 0 aliphatic heterocycles. The average Bonchev–Trinajstić information content (AvgIpc) is 2.42. The number of halogens is 2. The molecule has 1 aromatic rings. The number of methoxy groups -OCH3 is 1. The monoisotopic (exact) mass is 318 g/mol. The number of rotatable bonds is 5. The van der Waals surface area contributed by atoms with E-state index in [0.29, 0.717) is 0 Å². The van der Waals surface area contributed by atoms with Gasteiger partial charge in [0.15, 0.2) is 11.0 Å². The summed E-state index contributed by atoms with van der Waals surface area (Å²) in [6.45, 7) is 1.69. The summed E-state index contributed by atoms with van der Waals surface area (Å²) in [5.41, 5.74) is -0.937. The summed E-state index contributed by atoms with van der Waals surface area (Å²) in [5.74, 6) is -3.65. The maximum Gasteiger partial charge on any atom is 0.343 e. The van der Waals surface area contributed by atoms with Gasteiger partial charge in [0.05, 0.1) is 25.6 Å². The van der Waals surface area contributed by atoms with Gasteiger partial charge < -0.3 is 14.8 Å². The normalized spacial score (nSPS) is 9.90. The van der Waals surface area contributed by atoms with Gasteiger partial charge in [0.2, 0.25) is 5.91 Å². The van der Waals surface area contributed by atoms with E-state index in [1.165, 1.54) is 0 Å². The van der Waals surface area contributed by atoms with Crippen LogP contribution < -0.4 is 5.32 Å². The zero-order valence-corrected chi connectivity index (χ0v) is 12.0. The number of hydrogen-bond donors (Lipinski definition) is 1. The molecule has 0 atom stereocenters. The van der Waals surface area contributed by atoms with Gasteiger partial charge in [-0.25, -0.2) is 14.2 Å². The van der Waals surface area contributed by atoms with Crippen molar-refractivity contribution in [3.8, 4) is 0 Å². The molecular formula is C12H12ClFN2O5. The second-order valence-corrected chi connectivity index (χ2v) is 4.03. The number of aromatic nitrogens is 1. The van der Waals surface area contributed by atoms with Crippen molar-refractivity contribution in [3.63, 3.8) is 0 Å². The van der Waals surface area contributed by atoms with Crippen LogP contribution in [0.3, 0.4) is 0 Å². The van der Waals surface area contributed by atoms with Gasteiger partial charge in [0, 0.05) is 0 Å². The molecule has 21 heavy (non-hydrogen) atoms.